The first-order valence-corrected chi connectivity index (χ1v) is 10.0. The van der Waals surface area contributed by atoms with Crippen LogP contribution in [0.1, 0.15) is 21.6 Å². The Morgan fingerprint density at radius 3 is 2.33 bits per heavy atom. The highest BCUT2D eigenvalue weighted by molar-refractivity contribution is 6.32. The molecule has 0 radical (unpaired) electrons. The van der Waals surface area contributed by atoms with Crippen LogP contribution in [0.3, 0.4) is 0 Å². The van der Waals surface area contributed by atoms with Gasteiger partial charge in [0, 0.05) is 11.9 Å². The number of nitrogens with one attached hydrogen (secondary N) is 1. The van der Waals surface area contributed by atoms with E-state index < -0.39 is 17.6 Å². The van der Waals surface area contributed by atoms with Crippen LogP contribution < -0.4 is 10.1 Å². The van der Waals surface area contributed by atoms with Gasteiger partial charge < -0.3 is 10.1 Å². The van der Waals surface area contributed by atoms with Crippen LogP contribution in [0, 0.1) is 6.92 Å². The molecule has 2 aromatic heterocycles. The highest BCUT2D eigenvalue weighted by Crippen LogP contribution is 2.32. The molecule has 4 aromatic rings. The number of carbonyl (C=O) groups excluding carboxylic acids is 1. The molecular weight excluding hydrogens is 457 g/mol. The fourth-order valence-electron chi connectivity index (χ4n) is 3.02. The van der Waals surface area contributed by atoms with Gasteiger partial charge in [-0.2, -0.15) is 18.3 Å². The molecular formula is C23H16ClF3N4O2. The minimum Gasteiger partial charge on any atom is -0.457 e. The molecule has 0 unspecified atom stereocenters. The average molecular weight is 473 g/mol. The lowest BCUT2D eigenvalue weighted by atomic mass is 10.2. The summed E-state index contributed by atoms with van der Waals surface area (Å²) in [5.41, 5.74) is 0.139. The Kier molecular flexibility index (Phi) is 6.06. The number of ether oxygens (including phenoxy) is 1. The van der Waals surface area contributed by atoms with Crippen LogP contribution in [0.5, 0.6) is 11.5 Å². The molecule has 1 amide bonds. The van der Waals surface area contributed by atoms with Crippen LogP contribution in [-0.4, -0.2) is 20.7 Å². The van der Waals surface area contributed by atoms with E-state index >= 15 is 0 Å². The summed E-state index contributed by atoms with van der Waals surface area (Å²) in [6.07, 6.45) is -2.60. The quantitative estimate of drug-likeness (QED) is 0.370. The van der Waals surface area contributed by atoms with Gasteiger partial charge in [0.15, 0.2) is 5.82 Å². The Bertz CT molecular complexity index is 1290. The number of aromatic nitrogens is 3. The highest BCUT2D eigenvalue weighted by atomic mass is 35.5. The summed E-state index contributed by atoms with van der Waals surface area (Å²) in [7, 11) is 0. The number of hydrogen-bond donors (Lipinski definition) is 1. The number of amides is 1. The maximum Gasteiger partial charge on any atom is 0.417 e. The summed E-state index contributed by atoms with van der Waals surface area (Å²) >= 11 is 6.00. The van der Waals surface area contributed by atoms with Crippen LogP contribution in [0.15, 0.2) is 73.1 Å². The SMILES string of the molecule is Cc1c(C(=O)Nc2ccc(Oc3ccccc3)cc2)cnn1-c1ncc(C(F)(F)F)cc1Cl. The summed E-state index contributed by atoms with van der Waals surface area (Å²) in [5.74, 6) is 0.834. The van der Waals surface area contributed by atoms with Crippen molar-refractivity contribution in [3.05, 3.63) is 94.9 Å². The predicted molar refractivity (Wildman–Crippen MR) is 117 cm³/mol. The van der Waals surface area contributed by atoms with Gasteiger partial charge in [-0.05, 0) is 49.4 Å². The van der Waals surface area contributed by atoms with Gasteiger partial charge in [0.25, 0.3) is 5.91 Å². The van der Waals surface area contributed by atoms with Crippen LogP contribution in [0.2, 0.25) is 5.02 Å². The van der Waals surface area contributed by atoms with E-state index in [4.69, 9.17) is 16.3 Å². The molecule has 168 valence electrons. The lowest BCUT2D eigenvalue weighted by Gasteiger charge is -2.10. The first kappa shape index (κ1) is 22.3. The zero-order valence-corrected chi connectivity index (χ0v) is 17.9. The molecule has 0 aliphatic heterocycles. The molecule has 6 nitrogen and oxygen atoms in total. The van der Waals surface area contributed by atoms with Gasteiger partial charge in [-0.1, -0.05) is 29.8 Å². The van der Waals surface area contributed by atoms with Crippen LogP contribution in [0.4, 0.5) is 18.9 Å². The van der Waals surface area contributed by atoms with Crippen molar-refractivity contribution < 1.29 is 22.7 Å². The van der Waals surface area contributed by atoms with Crippen molar-refractivity contribution in [2.75, 3.05) is 5.32 Å². The second kappa shape index (κ2) is 8.95. The van der Waals surface area contributed by atoms with Crippen molar-refractivity contribution in [2.24, 2.45) is 0 Å². The van der Waals surface area contributed by atoms with Gasteiger partial charge in [0.1, 0.15) is 11.5 Å². The number of alkyl halides is 3. The number of benzene rings is 2. The first-order chi connectivity index (χ1) is 15.7. The molecule has 2 heterocycles. The molecule has 2 aromatic carbocycles. The third kappa shape index (κ3) is 4.98. The van der Waals surface area contributed by atoms with Crippen molar-refractivity contribution in [3.8, 4) is 17.3 Å². The Hall–Kier alpha value is -3.85. The van der Waals surface area contributed by atoms with E-state index in [1.807, 2.05) is 30.3 Å². The molecule has 1 N–H and O–H groups in total. The van der Waals surface area contributed by atoms with E-state index in [0.29, 0.717) is 29.1 Å². The number of halogens is 4. The molecule has 4 rings (SSSR count). The van der Waals surface area contributed by atoms with Crippen LogP contribution in [0.25, 0.3) is 5.82 Å². The first-order valence-electron chi connectivity index (χ1n) is 9.64. The zero-order chi connectivity index (χ0) is 23.6. The van der Waals surface area contributed by atoms with Gasteiger partial charge in [-0.25, -0.2) is 9.67 Å². The Balaban J connectivity index is 1.49. The lowest BCUT2D eigenvalue weighted by molar-refractivity contribution is -0.137. The Labute approximate surface area is 191 Å². The van der Waals surface area contributed by atoms with Crippen molar-refractivity contribution in [3.63, 3.8) is 0 Å². The van der Waals surface area contributed by atoms with Gasteiger partial charge in [0.05, 0.1) is 28.0 Å². The number of rotatable bonds is 5. The molecule has 0 atom stereocenters. The van der Waals surface area contributed by atoms with Crippen molar-refractivity contribution >= 4 is 23.2 Å². The van der Waals surface area contributed by atoms with E-state index in [2.05, 4.69) is 15.4 Å². The Morgan fingerprint density at radius 2 is 1.70 bits per heavy atom. The van der Waals surface area contributed by atoms with E-state index in [-0.39, 0.29) is 16.4 Å². The molecule has 10 heteroatoms. The minimum absolute atomic E-state index is 0.0105. The predicted octanol–water partition coefficient (Wildman–Crippen LogP) is 6.29. The topological polar surface area (TPSA) is 69.0 Å². The molecule has 0 aliphatic carbocycles. The maximum absolute atomic E-state index is 12.9. The number of nitrogens with zero attached hydrogens (tertiary/aromatic N) is 3. The minimum atomic E-state index is -4.57. The summed E-state index contributed by atoms with van der Waals surface area (Å²) in [6, 6.07) is 16.8. The van der Waals surface area contributed by atoms with E-state index in [1.54, 1.807) is 31.2 Å². The van der Waals surface area contributed by atoms with E-state index in [0.717, 1.165) is 6.07 Å². The van der Waals surface area contributed by atoms with Gasteiger partial charge in [-0.15, -0.1) is 0 Å². The second-order valence-corrected chi connectivity index (χ2v) is 7.38. The summed E-state index contributed by atoms with van der Waals surface area (Å²) in [6.45, 7) is 1.59. The van der Waals surface area contributed by atoms with Crippen molar-refractivity contribution in [1.29, 1.82) is 0 Å². The lowest BCUT2D eigenvalue weighted by Crippen LogP contribution is -2.13. The fraction of sp³-hybridized carbons (Fsp3) is 0.0870. The third-order valence-electron chi connectivity index (χ3n) is 4.70. The zero-order valence-electron chi connectivity index (χ0n) is 17.1. The van der Waals surface area contributed by atoms with Crippen LogP contribution >= 0.6 is 11.6 Å². The summed E-state index contributed by atoms with van der Waals surface area (Å²) < 4.78 is 45.5. The molecule has 0 fully saturated rings. The van der Waals surface area contributed by atoms with Gasteiger partial charge in [0.2, 0.25) is 0 Å². The molecule has 0 spiro atoms. The molecule has 0 saturated carbocycles. The third-order valence-corrected chi connectivity index (χ3v) is 4.97. The second-order valence-electron chi connectivity index (χ2n) is 6.98. The van der Waals surface area contributed by atoms with Gasteiger partial charge >= 0.3 is 6.18 Å². The van der Waals surface area contributed by atoms with Crippen molar-refractivity contribution in [2.45, 2.75) is 13.1 Å². The number of carbonyl (C=O) groups is 1. The largest absolute Gasteiger partial charge is 0.457 e. The number of pyridine rings is 1. The summed E-state index contributed by atoms with van der Waals surface area (Å²) in [5, 5.41) is 6.58. The van der Waals surface area contributed by atoms with Gasteiger partial charge in [-0.3, -0.25) is 4.79 Å². The molecule has 33 heavy (non-hydrogen) atoms. The number of anilines is 1. The monoisotopic (exact) mass is 472 g/mol. The summed E-state index contributed by atoms with van der Waals surface area (Å²) in [4.78, 5) is 16.5. The number of hydrogen-bond acceptors (Lipinski definition) is 4. The highest BCUT2D eigenvalue weighted by Gasteiger charge is 2.32. The maximum atomic E-state index is 12.9. The van der Waals surface area contributed by atoms with Crippen LogP contribution in [-0.2, 0) is 6.18 Å². The number of para-hydroxylation sites is 1. The standard InChI is InChI=1S/C23H16ClF3N4O2/c1-14-19(13-29-31(14)21-20(24)11-15(12-28-21)23(25,26)27)22(32)30-16-7-9-18(10-8-16)33-17-5-3-2-4-6-17/h2-13H,1H3,(H,30,32). The molecule has 0 saturated heterocycles. The smallest absolute Gasteiger partial charge is 0.417 e. The fourth-order valence-corrected chi connectivity index (χ4v) is 3.26. The normalized spacial score (nSPS) is 11.3. The molecule has 0 aliphatic rings. The van der Waals surface area contributed by atoms with Crippen molar-refractivity contribution in [1.82, 2.24) is 14.8 Å². The average Bonchev–Trinajstić information content (AvgIpc) is 3.16. The van der Waals surface area contributed by atoms with E-state index in [1.165, 1.54) is 10.9 Å². The molecule has 0 bridgehead atoms. The van der Waals surface area contributed by atoms with E-state index in [9.17, 15) is 18.0 Å². The Morgan fingerprint density at radius 1 is 1.03 bits per heavy atom.